The molecular weight excluding hydrogens is 560 g/mol. The van der Waals surface area contributed by atoms with E-state index in [9.17, 15) is 0 Å². The summed E-state index contributed by atoms with van der Waals surface area (Å²) in [6.07, 6.45) is 4.48. The number of ether oxygens (including phenoxy) is 1. The van der Waals surface area contributed by atoms with Gasteiger partial charge >= 0.3 is 0 Å². The van der Waals surface area contributed by atoms with Crippen molar-refractivity contribution in [2.24, 2.45) is 0 Å². The summed E-state index contributed by atoms with van der Waals surface area (Å²) in [7, 11) is 0. The second-order valence-electron chi connectivity index (χ2n) is 11.8. The Labute approximate surface area is 268 Å². The van der Waals surface area contributed by atoms with Gasteiger partial charge in [-0.05, 0) is 46.5 Å². The minimum atomic E-state index is -0.629. The Morgan fingerprint density at radius 3 is 1.50 bits per heavy atom. The van der Waals surface area contributed by atoms with E-state index in [1.807, 2.05) is 24.3 Å². The maximum Gasteiger partial charge on any atom is 0.160 e. The van der Waals surface area contributed by atoms with Crippen molar-refractivity contribution in [3.63, 3.8) is 0 Å². The third-order valence-corrected chi connectivity index (χ3v) is 9.19. The number of hydrogen-bond acceptors (Lipinski definition) is 3. The van der Waals surface area contributed by atoms with Gasteiger partial charge in [-0.3, -0.25) is 0 Å². The second kappa shape index (κ2) is 10.5. The van der Waals surface area contributed by atoms with Crippen LogP contribution in [-0.2, 0) is 5.41 Å². The highest BCUT2D eigenvalue weighted by Gasteiger charge is 2.47. The van der Waals surface area contributed by atoms with Gasteiger partial charge in [0.15, 0.2) is 5.82 Å². The highest BCUT2D eigenvalue weighted by molar-refractivity contribution is 5.85. The van der Waals surface area contributed by atoms with E-state index >= 15 is 0 Å². The van der Waals surface area contributed by atoms with Crippen LogP contribution < -0.4 is 4.74 Å². The molecule has 46 heavy (non-hydrogen) atoms. The monoisotopic (exact) mass is 588 g/mol. The fourth-order valence-electron chi connectivity index (χ4n) is 7.14. The molecular formula is C43H28N2O. The Hall–Kier alpha value is -6.06. The summed E-state index contributed by atoms with van der Waals surface area (Å²) < 4.78 is 6.58. The van der Waals surface area contributed by atoms with Gasteiger partial charge in [-0.2, -0.15) is 0 Å². The summed E-state index contributed by atoms with van der Waals surface area (Å²) in [5, 5.41) is 0. The molecule has 0 atom stereocenters. The maximum absolute atomic E-state index is 6.58. The standard InChI is InChI=1S/C43H28N2O/c1-3-14-31(15-4-1)38-28-39(32-16-5-2-6-17-32)45-42(44-38)33-26-25-30-24-23-29-13-7-8-18-34(29)43(37(30)27-33)35-19-9-11-21-40(35)46-41-22-12-10-20-36(41)43/h1-28H. The van der Waals surface area contributed by atoms with Gasteiger partial charge in [0.05, 0.1) is 16.8 Å². The minimum absolute atomic E-state index is 0.629. The summed E-state index contributed by atoms with van der Waals surface area (Å²) >= 11 is 0. The smallest absolute Gasteiger partial charge is 0.160 e. The van der Waals surface area contributed by atoms with E-state index in [1.165, 1.54) is 16.7 Å². The Bertz CT molecular complexity index is 2190. The highest BCUT2D eigenvalue weighted by Crippen LogP contribution is 2.57. The molecule has 0 bridgehead atoms. The Kier molecular flexibility index (Phi) is 6.04. The summed E-state index contributed by atoms with van der Waals surface area (Å²) in [4.78, 5) is 10.4. The Morgan fingerprint density at radius 1 is 0.391 bits per heavy atom. The molecule has 0 fully saturated rings. The molecule has 0 N–H and O–H groups in total. The van der Waals surface area contributed by atoms with Crippen molar-refractivity contribution < 1.29 is 4.74 Å². The lowest BCUT2D eigenvalue weighted by Gasteiger charge is -2.42. The number of rotatable bonds is 3. The second-order valence-corrected chi connectivity index (χ2v) is 11.8. The number of para-hydroxylation sites is 2. The van der Waals surface area contributed by atoms with Gasteiger partial charge in [0.1, 0.15) is 11.5 Å². The maximum atomic E-state index is 6.58. The van der Waals surface area contributed by atoms with Crippen molar-refractivity contribution in [3.8, 4) is 45.4 Å². The quantitative estimate of drug-likeness (QED) is 0.206. The van der Waals surface area contributed by atoms with Crippen LogP contribution in [0.25, 0.3) is 46.1 Å². The molecule has 1 aliphatic carbocycles. The molecule has 9 rings (SSSR count). The van der Waals surface area contributed by atoms with Gasteiger partial charge in [-0.1, -0.05) is 146 Å². The fraction of sp³-hybridized carbons (Fsp3) is 0.0233. The van der Waals surface area contributed by atoms with E-state index < -0.39 is 5.41 Å². The van der Waals surface area contributed by atoms with Crippen LogP contribution in [0, 0.1) is 0 Å². The predicted octanol–water partition coefficient (Wildman–Crippen LogP) is 10.4. The zero-order chi connectivity index (χ0) is 30.5. The molecule has 3 heteroatoms. The van der Waals surface area contributed by atoms with Crippen molar-refractivity contribution in [2.75, 3.05) is 0 Å². The van der Waals surface area contributed by atoms with Gasteiger partial charge in [-0.25, -0.2) is 9.97 Å². The van der Waals surface area contributed by atoms with Crippen LogP contribution in [-0.4, -0.2) is 9.97 Å². The molecule has 2 heterocycles. The largest absolute Gasteiger partial charge is 0.457 e. The van der Waals surface area contributed by atoms with Gasteiger partial charge in [0.25, 0.3) is 0 Å². The summed E-state index contributed by atoms with van der Waals surface area (Å²) in [5.41, 5.74) is 11.2. The van der Waals surface area contributed by atoms with Crippen LogP contribution >= 0.6 is 0 Å². The topological polar surface area (TPSA) is 35.0 Å². The lowest BCUT2D eigenvalue weighted by molar-refractivity contribution is 0.434. The van der Waals surface area contributed by atoms with E-state index in [-0.39, 0.29) is 0 Å². The molecule has 1 aliphatic heterocycles. The van der Waals surface area contributed by atoms with Crippen LogP contribution in [0.5, 0.6) is 11.5 Å². The molecule has 0 saturated heterocycles. The molecule has 2 aliphatic rings. The number of nitrogens with zero attached hydrogens (tertiary/aromatic N) is 2. The fourth-order valence-corrected chi connectivity index (χ4v) is 7.14. The summed E-state index contributed by atoms with van der Waals surface area (Å²) in [6, 6.07) is 55.1. The van der Waals surface area contributed by atoms with E-state index in [2.05, 4.69) is 146 Å². The van der Waals surface area contributed by atoms with Crippen molar-refractivity contribution in [1.29, 1.82) is 0 Å². The summed E-state index contributed by atoms with van der Waals surface area (Å²) in [5.74, 6) is 2.42. The van der Waals surface area contributed by atoms with Gasteiger partial charge in [-0.15, -0.1) is 0 Å². The molecule has 1 aromatic heterocycles. The number of hydrogen-bond donors (Lipinski definition) is 0. The molecule has 6 aromatic carbocycles. The van der Waals surface area contributed by atoms with Crippen molar-refractivity contribution >= 4 is 12.2 Å². The number of aromatic nitrogens is 2. The molecule has 3 nitrogen and oxygen atoms in total. The average molecular weight is 589 g/mol. The van der Waals surface area contributed by atoms with Gasteiger partial charge in [0, 0.05) is 27.8 Å². The zero-order valence-corrected chi connectivity index (χ0v) is 25.0. The van der Waals surface area contributed by atoms with Crippen molar-refractivity contribution in [1.82, 2.24) is 9.97 Å². The average Bonchev–Trinajstić information content (AvgIpc) is 3.27. The first kappa shape index (κ1) is 26.4. The van der Waals surface area contributed by atoms with E-state index in [0.717, 1.165) is 56.3 Å². The molecule has 216 valence electrons. The van der Waals surface area contributed by atoms with Crippen LogP contribution in [0.1, 0.15) is 33.4 Å². The van der Waals surface area contributed by atoms with Crippen LogP contribution in [0.2, 0.25) is 0 Å². The van der Waals surface area contributed by atoms with E-state index in [4.69, 9.17) is 14.7 Å². The first-order valence-corrected chi connectivity index (χ1v) is 15.6. The van der Waals surface area contributed by atoms with E-state index in [1.54, 1.807) is 0 Å². The normalized spacial score (nSPS) is 13.5. The first-order chi connectivity index (χ1) is 22.8. The predicted molar refractivity (Wildman–Crippen MR) is 186 cm³/mol. The van der Waals surface area contributed by atoms with Crippen LogP contribution in [0.4, 0.5) is 0 Å². The Balaban J connectivity index is 1.35. The molecule has 0 radical (unpaired) electrons. The molecule has 0 saturated carbocycles. The molecule has 0 amide bonds. The SMILES string of the molecule is C1=Cc2ccc(-c3nc(-c4ccccc4)cc(-c4ccccc4)n3)cc2C2(c3ccccc31)c1ccccc1Oc1ccccc12. The highest BCUT2D eigenvalue weighted by atomic mass is 16.5. The third kappa shape index (κ3) is 4.06. The van der Waals surface area contributed by atoms with Gasteiger partial charge in [0.2, 0.25) is 0 Å². The Morgan fingerprint density at radius 2 is 0.891 bits per heavy atom. The van der Waals surface area contributed by atoms with Crippen molar-refractivity contribution in [3.05, 3.63) is 191 Å². The number of fused-ring (bicyclic) bond motifs is 8. The minimum Gasteiger partial charge on any atom is -0.457 e. The van der Waals surface area contributed by atoms with Crippen molar-refractivity contribution in [2.45, 2.75) is 5.41 Å². The first-order valence-electron chi connectivity index (χ1n) is 15.6. The van der Waals surface area contributed by atoms with Gasteiger partial charge < -0.3 is 4.74 Å². The van der Waals surface area contributed by atoms with Crippen LogP contribution in [0.3, 0.4) is 0 Å². The van der Waals surface area contributed by atoms with Crippen LogP contribution in [0.15, 0.2) is 158 Å². The molecule has 0 unspecified atom stereocenters. The number of benzene rings is 6. The zero-order valence-electron chi connectivity index (χ0n) is 25.0. The molecule has 1 spiro atoms. The lowest BCUT2D eigenvalue weighted by atomic mass is 9.62. The third-order valence-electron chi connectivity index (χ3n) is 9.19. The molecule has 7 aromatic rings. The van der Waals surface area contributed by atoms with E-state index in [0.29, 0.717) is 5.82 Å². The summed E-state index contributed by atoms with van der Waals surface area (Å²) in [6.45, 7) is 0. The lowest BCUT2D eigenvalue weighted by Crippen LogP contribution is -2.35.